The summed E-state index contributed by atoms with van der Waals surface area (Å²) in [5.41, 5.74) is 5.72. The van der Waals surface area contributed by atoms with Crippen molar-refractivity contribution in [2.75, 3.05) is 5.75 Å². The van der Waals surface area contributed by atoms with Crippen molar-refractivity contribution < 1.29 is 34.2 Å². The number of hydrogen-bond donors (Lipinski definition) is 7. The first-order valence-corrected chi connectivity index (χ1v) is 9.26. The molecule has 4 unspecified atom stereocenters. The number of hydrogen-bond acceptors (Lipinski definition) is 7. The molecule has 0 aromatic heterocycles. The van der Waals surface area contributed by atoms with Crippen LogP contribution in [0.15, 0.2) is 0 Å². The zero-order chi connectivity index (χ0) is 22.0. The highest BCUT2D eigenvalue weighted by molar-refractivity contribution is 7.80. The monoisotopic (exact) mass is 420 g/mol. The van der Waals surface area contributed by atoms with Gasteiger partial charge in [-0.25, -0.2) is 4.79 Å². The number of aliphatic carboxylic acids is 2. The third-order valence-electron chi connectivity index (χ3n) is 3.85. The molecule has 0 aliphatic carbocycles. The van der Waals surface area contributed by atoms with E-state index in [1.54, 1.807) is 13.8 Å². The molecule has 0 aromatic rings. The van der Waals surface area contributed by atoms with Gasteiger partial charge in [0.25, 0.3) is 0 Å². The topological polar surface area (TPSA) is 188 Å². The van der Waals surface area contributed by atoms with Crippen LogP contribution < -0.4 is 21.7 Å². The third-order valence-corrected chi connectivity index (χ3v) is 4.22. The largest absolute Gasteiger partial charge is 0.481 e. The van der Waals surface area contributed by atoms with Crippen LogP contribution in [-0.2, 0) is 24.0 Å². The SMILES string of the molecule is CC(NC(=O)C(CS)NC(=O)C(N)C(C)C)C(=O)NC(CCC(=O)O)C(=O)O. The second kappa shape index (κ2) is 12.2. The van der Waals surface area contributed by atoms with Crippen LogP contribution >= 0.6 is 12.6 Å². The summed E-state index contributed by atoms with van der Waals surface area (Å²) in [6.45, 7) is 4.81. The molecule has 0 fully saturated rings. The summed E-state index contributed by atoms with van der Waals surface area (Å²) in [6.07, 6.45) is -0.749. The maximum absolute atomic E-state index is 12.3. The van der Waals surface area contributed by atoms with Gasteiger partial charge < -0.3 is 31.9 Å². The number of nitrogens with one attached hydrogen (secondary N) is 3. The molecule has 28 heavy (non-hydrogen) atoms. The second-order valence-corrected chi connectivity index (χ2v) is 6.94. The number of carbonyl (C=O) groups is 5. The van der Waals surface area contributed by atoms with Gasteiger partial charge in [-0.1, -0.05) is 13.8 Å². The number of carboxylic acids is 2. The van der Waals surface area contributed by atoms with Gasteiger partial charge in [0.15, 0.2) is 0 Å². The van der Waals surface area contributed by atoms with Gasteiger partial charge in [0, 0.05) is 12.2 Å². The van der Waals surface area contributed by atoms with Gasteiger partial charge in [0.2, 0.25) is 17.7 Å². The molecule has 0 saturated heterocycles. The molecule has 0 rings (SSSR count). The van der Waals surface area contributed by atoms with Crippen molar-refractivity contribution in [3.63, 3.8) is 0 Å². The molecular formula is C16H28N4O7S. The smallest absolute Gasteiger partial charge is 0.326 e. The Morgan fingerprint density at radius 2 is 1.43 bits per heavy atom. The molecule has 0 aromatic carbocycles. The van der Waals surface area contributed by atoms with Gasteiger partial charge in [-0.3, -0.25) is 19.2 Å². The van der Waals surface area contributed by atoms with Gasteiger partial charge in [-0.15, -0.1) is 0 Å². The summed E-state index contributed by atoms with van der Waals surface area (Å²) in [4.78, 5) is 58.0. The third kappa shape index (κ3) is 9.04. The van der Waals surface area contributed by atoms with E-state index >= 15 is 0 Å². The Labute approximate surface area is 168 Å². The molecule has 160 valence electrons. The fourth-order valence-corrected chi connectivity index (χ4v) is 2.22. The van der Waals surface area contributed by atoms with Crippen molar-refractivity contribution in [1.29, 1.82) is 0 Å². The van der Waals surface area contributed by atoms with Gasteiger partial charge in [0.05, 0.1) is 6.04 Å². The highest BCUT2D eigenvalue weighted by Gasteiger charge is 2.28. The first kappa shape index (κ1) is 25.7. The molecule has 3 amide bonds. The Morgan fingerprint density at radius 3 is 1.86 bits per heavy atom. The summed E-state index contributed by atoms with van der Waals surface area (Å²) in [7, 11) is 0. The average molecular weight is 420 g/mol. The maximum Gasteiger partial charge on any atom is 0.326 e. The molecule has 0 saturated carbocycles. The molecule has 0 aliphatic rings. The van der Waals surface area contributed by atoms with Crippen LogP contribution in [0.1, 0.15) is 33.6 Å². The zero-order valence-electron chi connectivity index (χ0n) is 16.0. The van der Waals surface area contributed by atoms with Crippen molar-refractivity contribution in [2.24, 2.45) is 11.7 Å². The van der Waals surface area contributed by atoms with E-state index in [0.717, 1.165) is 0 Å². The van der Waals surface area contributed by atoms with Crippen molar-refractivity contribution in [1.82, 2.24) is 16.0 Å². The number of thiol groups is 1. The van der Waals surface area contributed by atoms with Crippen LogP contribution in [-0.4, -0.2) is 69.8 Å². The lowest BCUT2D eigenvalue weighted by Crippen LogP contribution is -2.57. The van der Waals surface area contributed by atoms with Crippen LogP contribution in [0.5, 0.6) is 0 Å². The Kier molecular flexibility index (Phi) is 11.2. The van der Waals surface area contributed by atoms with E-state index in [2.05, 4.69) is 28.6 Å². The Bertz CT molecular complexity index is 600. The van der Waals surface area contributed by atoms with E-state index in [1.165, 1.54) is 6.92 Å². The lowest BCUT2D eigenvalue weighted by molar-refractivity contribution is -0.143. The summed E-state index contributed by atoms with van der Waals surface area (Å²) in [5, 5.41) is 24.6. The number of carboxylic acid groups (broad SMARTS) is 2. The highest BCUT2D eigenvalue weighted by atomic mass is 32.1. The molecule has 0 aliphatic heterocycles. The molecule has 4 atom stereocenters. The van der Waals surface area contributed by atoms with Gasteiger partial charge >= 0.3 is 11.9 Å². The van der Waals surface area contributed by atoms with Crippen molar-refractivity contribution in [3.8, 4) is 0 Å². The predicted octanol–water partition coefficient (Wildman–Crippen LogP) is -1.68. The van der Waals surface area contributed by atoms with Gasteiger partial charge in [-0.2, -0.15) is 12.6 Å². The van der Waals surface area contributed by atoms with Crippen molar-refractivity contribution in [3.05, 3.63) is 0 Å². The lowest BCUT2D eigenvalue weighted by Gasteiger charge is -2.23. The molecule has 0 bridgehead atoms. The minimum Gasteiger partial charge on any atom is -0.481 e. The molecule has 0 spiro atoms. The predicted molar refractivity (Wildman–Crippen MR) is 103 cm³/mol. The minimum atomic E-state index is -1.41. The lowest BCUT2D eigenvalue weighted by atomic mass is 10.0. The molecule has 0 radical (unpaired) electrons. The normalized spacial score (nSPS) is 15.1. The Morgan fingerprint density at radius 1 is 0.893 bits per heavy atom. The molecule has 11 nitrogen and oxygen atoms in total. The minimum absolute atomic E-state index is 0.0485. The first-order chi connectivity index (χ1) is 12.9. The van der Waals surface area contributed by atoms with Crippen LogP contribution in [0.3, 0.4) is 0 Å². The van der Waals surface area contributed by atoms with Crippen LogP contribution in [0, 0.1) is 5.92 Å². The van der Waals surface area contributed by atoms with E-state index in [0.29, 0.717) is 0 Å². The number of rotatable bonds is 12. The highest BCUT2D eigenvalue weighted by Crippen LogP contribution is 2.01. The van der Waals surface area contributed by atoms with E-state index < -0.39 is 60.2 Å². The zero-order valence-corrected chi connectivity index (χ0v) is 16.9. The Balaban J connectivity index is 4.82. The van der Waals surface area contributed by atoms with E-state index in [-0.39, 0.29) is 18.1 Å². The second-order valence-electron chi connectivity index (χ2n) is 6.58. The van der Waals surface area contributed by atoms with Crippen LogP contribution in [0.4, 0.5) is 0 Å². The maximum atomic E-state index is 12.3. The molecule has 7 N–H and O–H groups in total. The molecule has 0 heterocycles. The van der Waals surface area contributed by atoms with Crippen molar-refractivity contribution in [2.45, 2.75) is 57.8 Å². The number of nitrogens with two attached hydrogens (primary N) is 1. The fraction of sp³-hybridized carbons (Fsp3) is 0.688. The standard InChI is InChI=1S/C16H28N4O7S/c1-7(2)12(17)15(25)20-10(6-28)14(24)18-8(3)13(23)19-9(16(26)27)4-5-11(21)22/h7-10,12,28H,4-6,17H2,1-3H3,(H,18,24)(H,19,23)(H,20,25)(H,21,22)(H,26,27). The van der Waals surface area contributed by atoms with E-state index in [9.17, 15) is 24.0 Å². The Hall–Kier alpha value is -2.34. The first-order valence-electron chi connectivity index (χ1n) is 8.62. The summed E-state index contributed by atoms with van der Waals surface area (Å²) >= 11 is 4.00. The summed E-state index contributed by atoms with van der Waals surface area (Å²) in [6, 6.07) is -4.40. The molecule has 12 heteroatoms. The summed E-state index contributed by atoms with van der Waals surface area (Å²) < 4.78 is 0. The molecular weight excluding hydrogens is 392 g/mol. The fourth-order valence-electron chi connectivity index (χ4n) is 1.97. The van der Waals surface area contributed by atoms with Gasteiger partial charge in [0.1, 0.15) is 18.1 Å². The quantitative estimate of drug-likeness (QED) is 0.182. The summed E-state index contributed by atoms with van der Waals surface area (Å²) in [5.74, 6) is -4.83. The number of amides is 3. The van der Waals surface area contributed by atoms with Gasteiger partial charge in [-0.05, 0) is 19.3 Å². The van der Waals surface area contributed by atoms with E-state index in [4.69, 9.17) is 15.9 Å². The van der Waals surface area contributed by atoms with Crippen LogP contribution in [0.25, 0.3) is 0 Å². The van der Waals surface area contributed by atoms with E-state index in [1.807, 2.05) is 0 Å². The number of carbonyl (C=O) groups excluding carboxylic acids is 3. The average Bonchev–Trinajstić information content (AvgIpc) is 2.60. The van der Waals surface area contributed by atoms with Crippen molar-refractivity contribution >= 4 is 42.3 Å². The van der Waals surface area contributed by atoms with Crippen LogP contribution in [0.2, 0.25) is 0 Å².